The van der Waals surface area contributed by atoms with Crippen LogP contribution in [0.25, 0.3) is 5.69 Å². The van der Waals surface area contributed by atoms with Gasteiger partial charge < -0.3 is 10.6 Å². The summed E-state index contributed by atoms with van der Waals surface area (Å²) in [5.41, 5.74) is 3.21. The zero-order chi connectivity index (χ0) is 19.6. The Morgan fingerprint density at radius 2 is 1.86 bits per heavy atom. The fourth-order valence-corrected chi connectivity index (χ4v) is 4.27. The molecular weight excluding hydrogens is 364 g/mol. The Balaban J connectivity index is 1.19. The van der Waals surface area contributed by atoms with Crippen LogP contribution >= 0.6 is 0 Å². The molecule has 0 spiro atoms. The van der Waals surface area contributed by atoms with Gasteiger partial charge >= 0.3 is 0 Å². The molecule has 2 aliphatic carbocycles. The number of hydrogen-bond acceptors (Lipinski definition) is 6. The van der Waals surface area contributed by atoms with Crippen molar-refractivity contribution in [2.24, 2.45) is 0 Å². The average molecular weight is 388 g/mol. The van der Waals surface area contributed by atoms with E-state index in [0.29, 0.717) is 12.1 Å². The second-order valence-corrected chi connectivity index (χ2v) is 7.83. The van der Waals surface area contributed by atoms with Crippen LogP contribution < -0.4 is 16.2 Å². The third kappa shape index (κ3) is 3.85. The number of aryl methyl sites for hydroxylation is 2. The number of rotatable bonds is 5. The minimum Gasteiger partial charge on any atom is -0.367 e. The quantitative estimate of drug-likeness (QED) is 0.699. The Labute approximate surface area is 169 Å². The van der Waals surface area contributed by atoms with E-state index in [4.69, 9.17) is 0 Å². The van der Waals surface area contributed by atoms with E-state index in [2.05, 4.69) is 25.6 Å². The highest BCUT2D eigenvalue weighted by Crippen LogP contribution is 2.26. The van der Waals surface area contributed by atoms with Gasteiger partial charge in [-0.3, -0.25) is 9.36 Å². The molecule has 5 rings (SSSR count). The zero-order valence-corrected chi connectivity index (χ0v) is 16.2. The molecule has 0 unspecified atom stereocenters. The van der Waals surface area contributed by atoms with E-state index in [1.165, 1.54) is 17.7 Å². The number of nitrogens with one attached hydrogen (secondary N) is 2. The highest BCUT2D eigenvalue weighted by Gasteiger charge is 2.26. The minimum absolute atomic E-state index is 0.0616. The third-order valence-electron chi connectivity index (χ3n) is 5.78. The molecule has 7 nitrogen and oxygen atoms in total. The fraction of sp³-hybridized carbons (Fsp3) is 0.364. The molecule has 0 radical (unpaired) electrons. The third-order valence-corrected chi connectivity index (χ3v) is 5.78. The van der Waals surface area contributed by atoms with Crippen LogP contribution in [0.2, 0.25) is 0 Å². The summed E-state index contributed by atoms with van der Waals surface area (Å²) in [6, 6.07) is 9.69. The Morgan fingerprint density at radius 3 is 2.69 bits per heavy atom. The van der Waals surface area contributed by atoms with Crippen molar-refractivity contribution >= 4 is 11.8 Å². The molecule has 0 saturated heterocycles. The van der Waals surface area contributed by atoms with Gasteiger partial charge in [-0.15, -0.1) is 0 Å². The fourth-order valence-electron chi connectivity index (χ4n) is 4.27. The molecule has 0 bridgehead atoms. The van der Waals surface area contributed by atoms with E-state index in [0.717, 1.165) is 49.6 Å². The van der Waals surface area contributed by atoms with Gasteiger partial charge in [0, 0.05) is 36.2 Å². The van der Waals surface area contributed by atoms with Crippen molar-refractivity contribution in [1.29, 1.82) is 0 Å². The molecule has 0 aliphatic heterocycles. The topological polar surface area (TPSA) is 84.7 Å². The van der Waals surface area contributed by atoms with Crippen LogP contribution in [0.4, 0.5) is 11.8 Å². The Morgan fingerprint density at radius 1 is 0.966 bits per heavy atom. The number of fused-ring (bicyclic) bond motifs is 1. The summed E-state index contributed by atoms with van der Waals surface area (Å²) in [7, 11) is 0. The van der Waals surface area contributed by atoms with E-state index >= 15 is 0 Å². The maximum Gasteiger partial charge on any atom is 0.255 e. The molecule has 2 N–H and O–H groups in total. The van der Waals surface area contributed by atoms with Gasteiger partial charge in [0.15, 0.2) is 0 Å². The average Bonchev–Trinajstić information content (AvgIpc) is 3.38. The predicted octanol–water partition coefficient (Wildman–Crippen LogP) is 2.96. The van der Waals surface area contributed by atoms with E-state index in [-0.39, 0.29) is 5.56 Å². The van der Waals surface area contributed by atoms with Crippen LogP contribution in [-0.4, -0.2) is 31.6 Å². The van der Waals surface area contributed by atoms with Gasteiger partial charge in [-0.1, -0.05) is 6.07 Å². The Kier molecular flexibility index (Phi) is 4.71. The summed E-state index contributed by atoms with van der Waals surface area (Å²) in [6.45, 7) is 0. The largest absolute Gasteiger partial charge is 0.367 e. The van der Waals surface area contributed by atoms with Gasteiger partial charge in [0.1, 0.15) is 5.82 Å². The molecule has 3 heterocycles. The summed E-state index contributed by atoms with van der Waals surface area (Å²) in [6.07, 6.45) is 12.0. The zero-order valence-electron chi connectivity index (χ0n) is 16.2. The van der Waals surface area contributed by atoms with Gasteiger partial charge in [0.2, 0.25) is 5.95 Å². The molecular formula is C22H24N6O. The van der Waals surface area contributed by atoms with Crippen molar-refractivity contribution in [2.45, 2.75) is 50.6 Å². The van der Waals surface area contributed by atoms with Crippen molar-refractivity contribution < 1.29 is 0 Å². The smallest absolute Gasteiger partial charge is 0.255 e. The number of hydrogen-bond donors (Lipinski definition) is 2. The lowest BCUT2D eigenvalue weighted by molar-refractivity contribution is 0.715. The standard InChI is InChI=1S/C22H24N6O/c29-21-6-1-2-11-28(21)18-9-10-20(23-14-18)25-16-7-8-17(12-16)26-22-24-13-15-4-3-5-19(15)27-22/h1-2,6,9-11,13-14,16-17H,3-5,7-8,12H2,(H,23,25)(H,24,26,27)/t16-,17-/m0/s1. The molecule has 3 aromatic heterocycles. The van der Waals surface area contributed by atoms with Gasteiger partial charge in [-0.05, 0) is 62.3 Å². The van der Waals surface area contributed by atoms with Crippen LogP contribution in [0.3, 0.4) is 0 Å². The normalized spacial score (nSPS) is 20.4. The van der Waals surface area contributed by atoms with Crippen molar-refractivity contribution in [2.75, 3.05) is 10.6 Å². The first-order chi connectivity index (χ1) is 14.2. The second kappa shape index (κ2) is 7.66. The van der Waals surface area contributed by atoms with Gasteiger partial charge in [0.05, 0.1) is 11.9 Å². The van der Waals surface area contributed by atoms with Crippen LogP contribution in [0.1, 0.15) is 36.9 Å². The minimum atomic E-state index is -0.0616. The van der Waals surface area contributed by atoms with Crippen molar-refractivity contribution in [3.8, 4) is 5.69 Å². The summed E-state index contributed by atoms with van der Waals surface area (Å²) in [5.74, 6) is 1.59. The Hall–Kier alpha value is -3.22. The number of nitrogens with zero attached hydrogens (tertiary/aromatic N) is 4. The van der Waals surface area contributed by atoms with Crippen LogP contribution in [0, 0.1) is 0 Å². The monoisotopic (exact) mass is 388 g/mol. The lowest BCUT2D eigenvalue weighted by atomic mass is 10.2. The molecule has 0 amide bonds. The Bertz CT molecular complexity index is 1060. The second-order valence-electron chi connectivity index (χ2n) is 7.83. The first-order valence-corrected chi connectivity index (χ1v) is 10.3. The van der Waals surface area contributed by atoms with Crippen LogP contribution in [0.5, 0.6) is 0 Å². The molecule has 0 aromatic carbocycles. The summed E-state index contributed by atoms with van der Waals surface area (Å²) in [4.78, 5) is 25.6. The van der Waals surface area contributed by atoms with E-state index < -0.39 is 0 Å². The lowest BCUT2D eigenvalue weighted by Crippen LogP contribution is -2.22. The van der Waals surface area contributed by atoms with Crippen LogP contribution in [-0.2, 0) is 12.8 Å². The summed E-state index contributed by atoms with van der Waals surface area (Å²) < 4.78 is 1.59. The number of pyridine rings is 2. The highest BCUT2D eigenvalue weighted by molar-refractivity contribution is 5.42. The lowest BCUT2D eigenvalue weighted by Gasteiger charge is -2.16. The molecule has 29 heavy (non-hydrogen) atoms. The van der Waals surface area contributed by atoms with Crippen LogP contribution in [0.15, 0.2) is 53.7 Å². The van der Waals surface area contributed by atoms with E-state index in [1.807, 2.05) is 24.4 Å². The predicted molar refractivity (Wildman–Crippen MR) is 113 cm³/mol. The van der Waals surface area contributed by atoms with E-state index in [1.54, 1.807) is 29.1 Å². The number of anilines is 2. The maximum atomic E-state index is 11.9. The van der Waals surface area contributed by atoms with Crippen molar-refractivity contribution in [3.63, 3.8) is 0 Å². The molecule has 2 atom stereocenters. The number of aromatic nitrogens is 4. The SMILES string of the molecule is O=c1ccccn1-c1ccc(N[C@H]2CC[C@H](Nc3ncc4c(n3)CCC4)C2)nc1. The molecule has 148 valence electrons. The maximum absolute atomic E-state index is 11.9. The van der Waals surface area contributed by atoms with Gasteiger partial charge in [0.25, 0.3) is 5.56 Å². The van der Waals surface area contributed by atoms with Crippen molar-refractivity contribution in [1.82, 2.24) is 19.5 Å². The first kappa shape index (κ1) is 17.8. The highest BCUT2D eigenvalue weighted by atomic mass is 16.1. The van der Waals surface area contributed by atoms with E-state index in [9.17, 15) is 4.79 Å². The molecule has 3 aromatic rings. The van der Waals surface area contributed by atoms with Gasteiger partial charge in [-0.2, -0.15) is 0 Å². The molecule has 2 aliphatic rings. The summed E-state index contributed by atoms with van der Waals surface area (Å²) in [5, 5.41) is 7.01. The molecule has 1 fully saturated rings. The molecule has 1 saturated carbocycles. The summed E-state index contributed by atoms with van der Waals surface area (Å²) >= 11 is 0. The van der Waals surface area contributed by atoms with Crippen molar-refractivity contribution in [3.05, 3.63) is 70.5 Å². The van der Waals surface area contributed by atoms with Gasteiger partial charge in [-0.25, -0.2) is 15.0 Å². The first-order valence-electron chi connectivity index (χ1n) is 10.3. The molecule has 7 heteroatoms.